The summed E-state index contributed by atoms with van der Waals surface area (Å²) < 4.78 is 27.4. The van der Waals surface area contributed by atoms with Gasteiger partial charge in [0.1, 0.15) is 25.0 Å². The molecule has 1 aliphatic rings. The highest BCUT2D eigenvalue weighted by atomic mass is 16.7. The van der Waals surface area contributed by atoms with E-state index >= 15 is 0 Å². The molecular weight excluding hydrogens is 412 g/mol. The number of carbonyl (C=O) groups excluding carboxylic acids is 2. The zero-order valence-electron chi connectivity index (χ0n) is 18.4. The molecule has 0 aliphatic carbocycles. The van der Waals surface area contributed by atoms with E-state index in [1.165, 1.54) is 10.8 Å². The number of carbonyl (C=O) groups is 2. The summed E-state index contributed by atoms with van der Waals surface area (Å²) in [4.78, 5) is 49.8. The first-order valence-corrected chi connectivity index (χ1v) is 10.2. The Bertz CT molecular complexity index is 874. The van der Waals surface area contributed by atoms with Crippen LogP contribution in [0.2, 0.25) is 0 Å². The van der Waals surface area contributed by atoms with Crippen molar-refractivity contribution in [1.29, 1.82) is 0 Å². The second kappa shape index (κ2) is 11.0. The van der Waals surface area contributed by atoms with Crippen molar-refractivity contribution < 1.29 is 33.3 Å². The van der Waals surface area contributed by atoms with Crippen molar-refractivity contribution in [3.05, 3.63) is 32.6 Å². The van der Waals surface area contributed by atoms with E-state index in [1.807, 2.05) is 27.7 Å². The summed E-state index contributed by atoms with van der Waals surface area (Å²) in [5.41, 5.74) is -0.856. The topological polar surface area (TPSA) is 135 Å². The molecule has 1 aromatic rings. The maximum atomic E-state index is 12.2. The third kappa shape index (κ3) is 7.42. The van der Waals surface area contributed by atoms with Gasteiger partial charge in [0.05, 0.1) is 13.2 Å². The lowest BCUT2D eigenvalue weighted by atomic mass is 10.2. The summed E-state index contributed by atoms with van der Waals surface area (Å²) >= 11 is 0. The first-order valence-electron chi connectivity index (χ1n) is 10.2. The lowest BCUT2D eigenvalue weighted by Crippen LogP contribution is -2.34. The molecule has 11 nitrogen and oxygen atoms in total. The maximum absolute atomic E-state index is 12.2. The van der Waals surface area contributed by atoms with Crippen LogP contribution in [0.5, 0.6) is 0 Å². The molecule has 0 unspecified atom stereocenters. The summed E-state index contributed by atoms with van der Waals surface area (Å²) in [6, 6.07) is 0. The van der Waals surface area contributed by atoms with Crippen molar-refractivity contribution in [1.82, 2.24) is 9.55 Å². The predicted octanol–water partition coefficient (Wildman–Crippen LogP) is 2.12. The fraction of sp³-hybridized carbons (Fsp3) is 0.700. The number of hydrogen-bond donors (Lipinski definition) is 1. The van der Waals surface area contributed by atoms with Gasteiger partial charge in [-0.3, -0.25) is 14.3 Å². The summed E-state index contributed by atoms with van der Waals surface area (Å²) in [5.74, 6) is 0.263. The molecule has 1 aromatic heterocycles. The number of aryl methyl sites for hydroxylation is 1. The van der Waals surface area contributed by atoms with E-state index in [-0.39, 0.29) is 38.1 Å². The Balaban J connectivity index is 2.10. The van der Waals surface area contributed by atoms with Gasteiger partial charge in [-0.05, 0) is 18.8 Å². The van der Waals surface area contributed by atoms with Crippen molar-refractivity contribution in [2.24, 2.45) is 11.8 Å². The second-order valence-electron chi connectivity index (χ2n) is 8.22. The van der Waals surface area contributed by atoms with Crippen LogP contribution in [-0.2, 0) is 23.7 Å². The molecule has 0 bridgehead atoms. The van der Waals surface area contributed by atoms with Gasteiger partial charge in [-0.2, -0.15) is 0 Å². The fourth-order valence-electron chi connectivity index (χ4n) is 2.76. The van der Waals surface area contributed by atoms with E-state index in [9.17, 15) is 19.2 Å². The molecule has 1 saturated heterocycles. The highest BCUT2D eigenvalue weighted by molar-refractivity contribution is 5.60. The van der Waals surface area contributed by atoms with Crippen LogP contribution < -0.4 is 11.2 Å². The smallest absolute Gasteiger partial charge is 0.434 e. The molecule has 2 heterocycles. The second-order valence-corrected chi connectivity index (χ2v) is 8.22. The number of ether oxygens (including phenoxy) is 5. The first kappa shape index (κ1) is 24.4. The van der Waals surface area contributed by atoms with Gasteiger partial charge in [0.2, 0.25) is 0 Å². The highest BCUT2D eigenvalue weighted by Gasteiger charge is 2.40. The third-order valence-corrected chi connectivity index (χ3v) is 4.32. The van der Waals surface area contributed by atoms with Crippen LogP contribution in [0.4, 0.5) is 9.59 Å². The van der Waals surface area contributed by atoms with Gasteiger partial charge in [-0.25, -0.2) is 14.4 Å². The fourth-order valence-corrected chi connectivity index (χ4v) is 2.76. The maximum Gasteiger partial charge on any atom is 0.508 e. The van der Waals surface area contributed by atoms with Gasteiger partial charge in [0.15, 0.2) is 0 Å². The van der Waals surface area contributed by atoms with Crippen LogP contribution >= 0.6 is 0 Å². The van der Waals surface area contributed by atoms with Gasteiger partial charge in [0.25, 0.3) is 5.56 Å². The molecule has 2 rings (SSSR count). The number of aromatic nitrogens is 2. The first-order chi connectivity index (χ1) is 14.6. The SMILES string of the molecule is Cc1cn([C@H]2C[C@H](OC(=O)OCC(C)C)[C@@H](COC(=O)OCC(C)C)O2)c(=O)[nH]c1=O. The van der Waals surface area contributed by atoms with Crippen LogP contribution in [0.15, 0.2) is 15.8 Å². The van der Waals surface area contributed by atoms with Crippen LogP contribution in [-0.4, -0.2) is 53.9 Å². The zero-order valence-corrected chi connectivity index (χ0v) is 18.4. The largest absolute Gasteiger partial charge is 0.508 e. The van der Waals surface area contributed by atoms with Gasteiger partial charge in [0, 0.05) is 18.2 Å². The van der Waals surface area contributed by atoms with Crippen LogP contribution in [0.3, 0.4) is 0 Å². The average Bonchev–Trinajstić information content (AvgIpc) is 3.08. The van der Waals surface area contributed by atoms with Gasteiger partial charge < -0.3 is 23.7 Å². The van der Waals surface area contributed by atoms with E-state index in [1.54, 1.807) is 6.92 Å². The Morgan fingerprint density at radius 1 is 1.10 bits per heavy atom. The number of aromatic amines is 1. The summed E-state index contributed by atoms with van der Waals surface area (Å²) in [7, 11) is 0. The molecule has 0 amide bonds. The van der Waals surface area contributed by atoms with Crippen LogP contribution in [0.25, 0.3) is 0 Å². The Morgan fingerprint density at radius 2 is 1.71 bits per heavy atom. The van der Waals surface area contributed by atoms with Crippen molar-refractivity contribution in [2.75, 3.05) is 19.8 Å². The Morgan fingerprint density at radius 3 is 2.32 bits per heavy atom. The van der Waals surface area contributed by atoms with Crippen molar-refractivity contribution in [3.8, 4) is 0 Å². The van der Waals surface area contributed by atoms with Crippen LogP contribution in [0, 0.1) is 18.8 Å². The van der Waals surface area contributed by atoms with Crippen LogP contribution in [0.1, 0.15) is 45.9 Å². The molecule has 0 saturated carbocycles. The Labute approximate surface area is 179 Å². The zero-order chi connectivity index (χ0) is 23.1. The number of hydrogen-bond acceptors (Lipinski definition) is 9. The van der Waals surface area contributed by atoms with Gasteiger partial charge >= 0.3 is 18.0 Å². The minimum atomic E-state index is -0.889. The molecule has 31 heavy (non-hydrogen) atoms. The molecule has 0 aromatic carbocycles. The Hall–Kier alpha value is -2.82. The number of rotatable bonds is 8. The van der Waals surface area contributed by atoms with E-state index in [0.29, 0.717) is 5.56 Å². The third-order valence-electron chi connectivity index (χ3n) is 4.32. The van der Waals surface area contributed by atoms with Gasteiger partial charge in [-0.15, -0.1) is 0 Å². The number of H-pyrrole nitrogens is 1. The van der Waals surface area contributed by atoms with Crippen molar-refractivity contribution in [2.45, 2.75) is 59.5 Å². The summed E-state index contributed by atoms with van der Waals surface area (Å²) in [6.07, 6.45) is -2.85. The van der Waals surface area contributed by atoms with E-state index in [2.05, 4.69) is 4.98 Å². The molecule has 11 heteroatoms. The molecule has 3 atom stereocenters. The minimum absolute atomic E-state index is 0.0945. The lowest BCUT2D eigenvalue weighted by Gasteiger charge is -2.19. The van der Waals surface area contributed by atoms with Gasteiger partial charge in [-0.1, -0.05) is 27.7 Å². The molecule has 1 aliphatic heterocycles. The van der Waals surface area contributed by atoms with Crippen molar-refractivity contribution >= 4 is 12.3 Å². The summed E-state index contributed by atoms with van der Waals surface area (Å²) in [5, 5.41) is 0. The lowest BCUT2D eigenvalue weighted by molar-refractivity contribution is -0.0688. The average molecular weight is 442 g/mol. The normalized spacial score (nSPS) is 20.7. The van der Waals surface area contributed by atoms with E-state index in [4.69, 9.17) is 23.7 Å². The molecule has 0 radical (unpaired) electrons. The molecule has 0 spiro atoms. The number of nitrogens with one attached hydrogen (secondary N) is 1. The summed E-state index contributed by atoms with van der Waals surface area (Å²) in [6.45, 7) is 9.19. The Kier molecular flexibility index (Phi) is 8.66. The molecular formula is C20H30N2O9. The molecule has 174 valence electrons. The van der Waals surface area contributed by atoms with E-state index in [0.717, 1.165) is 0 Å². The highest BCUT2D eigenvalue weighted by Crippen LogP contribution is 2.30. The monoisotopic (exact) mass is 442 g/mol. The predicted molar refractivity (Wildman–Crippen MR) is 108 cm³/mol. The quantitative estimate of drug-likeness (QED) is 0.600. The molecule has 1 N–H and O–H groups in total. The minimum Gasteiger partial charge on any atom is -0.434 e. The molecule has 1 fully saturated rings. The number of nitrogens with zero attached hydrogens (tertiary/aromatic N) is 1. The standard InChI is InChI=1S/C20H30N2O9/c1-11(2)8-27-19(25)29-10-15-14(31-20(26)28-9-12(3)4)6-16(30-15)22-7-13(5)17(23)21-18(22)24/h7,11-12,14-16H,6,8-10H2,1-5H3,(H,21,23,24)/t14-,15+,16+/m0/s1. The van der Waals surface area contributed by atoms with E-state index < -0.39 is 42.0 Å². The van der Waals surface area contributed by atoms with Crippen molar-refractivity contribution in [3.63, 3.8) is 0 Å².